The van der Waals surface area contributed by atoms with Gasteiger partial charge < -0.3 is 19.3 Å². The molecule has 10 heteroatoms. The Labute approximate surface area is 176 Å². The van der Waals surface area contributed by atoms with E-state index >= 15 is 0 Å². The molecule has 3 heterocycles. The van der Waals surface area contributed by atoms with Crippen LogP contribution in [-0.4, -0.2) is 95.0 Å². The van der Waals surface area contributed by atoms with Crippen molar-refractivity contribution in [3.63, 3.8) is 0 Å². The standard InChI is InChI=1S/C20H29N7O3/c1-16-13-25(17-5-3-4-6-18(17)29-2)7-8-26(16)20(28)15-27-19(21-22-23-27)14-24-9-11-30-12-10-24/h3-6,16H,7-15H2,1-2H3/t16-/m1/s1. The second-order valence-corrected chi connectivity index (χ2v) is 7.70. The summed E-state index contributed by atoms with van der Waals surface area (Å²) in [6.45, 7) is 8.16. The minimum Gasteiger partial charge on any atom is -0.495 e. The zero-order valence-corrected chi connectivity index (χ0v) is 17.6. The SMILES string of the molecule is COc1ccccc1N1CCN(C(=O)Cn2nnnc2CN2CCOCC2)[C@H](C)C1. The number of aromatic nitrogens is 4. The van der Waals surface area contributed by atoms with Crippen LogP contribution in [0.2, 0.25) is 0 Å². The van der Waals surface area contributed by atoms with E-state index in [2.05, 4.69) is 38.3 Å². The number of methoxy groups -OCH3 is 1. The smallest absolute Gasteiger partial charge is 0.244 e. The molecule has 2 aromatic rings. The van der Waals surface area contributed by atoms with Gasteiger partial charge in [0.1, 0.15) is 12.3 Å². The molecule has 1 aromatic carbocycles. The highest BCUT2D eigenvalue weighted by Gasteiger charge is 2.29. The summed E-state index contributed by atoms with van der Waals surface area (Å²) in [5, 5.41) is 12.0. The molecule has 30 heavy (non-hydrogen) atoms. The molecular weight excluding hydrogens is 386 g/mol. The van der Waals surface area contributed by atoms with Crippen molar-refractivity contribution in [2.24, 2.45) is 0 Å². The summed E-state index contributed by atoms with van der Waals surface area (Å²) in [6.07, 6.45) is 0. The average molecular weight is 415 g/mol. The number of hydrogen-bond acceptors (Lipinski definition) is 8. The van der Waals surface area contributed by atoms with E-state index in [1.54, 1.807) is 11.8 Å². The first-order valence-electron chi connectivity index (χ1n) is 10.4. The molecule has 10 nitrogen and oxygen atoms in total. The van der Waals surface area contributed by atoms with Crippen LogP contribution in [0.5, 0.6) is 5.75 Å². The summed E-state index contributed by atoms with van der Waals surface area (Å²) in [5.41, 5.74) is 1.06. The highest BCUT2D eigenvalue weighted by atomic mass is 16.5. The summed E-state index contributed by atoms with van der Waals surface area (Å²) in [7, 11) is 1.68. The number of ether oxygens (including phenoxy) is 2. The predicted molar refractivity (Wildman–Crippen MR) is 110 cm³/mol. The number of piperazine rings is 1. The Kier molecular flexibility index (Phi) is 6.44. The molecule has 2 saturated heterocycles. The van der Waals surface area contributed by atoms with Crippen LogP contribution in [0, 0.1) is 0 Å². The van der Waals surface area contributed by atoms with Crippen LogP contribution in [0.1, 0.15) is 12.7 Å². The number of hydrogen-bond donors (Lipinski definition) is 0. The number of benzene rings is 1. The molecule has 1 amide bonds. The molecule has 0 radical (unpaired) electrons. The largest absolute Gasteiger partial charge is 0.495 e. The van der Waals surface area contributed by atoms with Gasteiger partial charge >= 0.3 is 0 Å². The van der Waals surface area contributed by atoms with Crippen LogP contribution in [-0.2, 0) is 22.6 Å². The zero-order valence-electron chi connectivity index (χ0n) is 17.6. The molecule has 2 aliphatic rings. The van der Waals surface area contributed by atoms with Crippen molar-refractivity contribution in [3.8, 4) is 5.75 Å². The van der Waals surface area contributed by atoms with E-state index in [-0.39, 0.29) is 18.5 Å². The van der Waals surface area contributed by atoms with Crippen molar-refractivity contribution in [2.45, 2.75) is 26.1 Å². The number of para-hydroxylation sites is 2. The van der Waals surface area contributed by atoms with E-state index in [1.807, 2.05) is 23.1 Å². The van der Waals surface area contributed by atoms with Gasteiger partial charge in [0, 0.05) is 38.8 Å². The van der Waals surface area contributed by atoms with E-state index in [9.17, 15) is 4.79 Å². The summed E-state index contributed by atoms with van der Waals surface area (Å²) < 4.78 is 12.5. The summed E-state index contributed by atoms with van der Waals surface area (Å²) in [5.74, 6) is 1.61. The molecule has 1 aromatic heterocycles. The average Bonchev–Trinajstić information content (AvgIpc) is 3.20. The Morgan fingerprint density at radius 1 is 1.20 bits per heavy atom. The number of amides is 1. The maximum atomic E-state index is 13.0. The molecule has 4 rings (SSSR count). The van der Waals surface area contributed by atoms with Gasteiger partial charge in [-0.1, -0.05) is 12.1 Å². The van der Waals surface area contributed by atoms with Crippen molar-refractivity contribution in [2.75, 3.05) is 57.9 Å². The van der Waals surface area contributed by atoms with Crippen molar-refractivity contribution in [1.29, 1.82) is 0 Å². The molecule has 0 N–H and O–H groups in total. The fourth-order valence-corrected chi connectivity index (χ4v) is 4.08. The van der Waals surface area contributed by atoms with E-state index in [0.29, 0.717) is 32.1 Å². The minimum absolute atomic E-state index is 0.0395. The van der Waals surface area contributed by atoms with E-state index < -0.39 is 0 Å². The fraction of sp³-hybridized carbons (Fsp3) is 0.600. The van der Waals surface area contributed by atoms with E-state index in [1.165, 1.54) is 0 Å². The molecular formula is C20H29N7O3. The minimum atomic E-state index is 0.0395. The lowest BCUT2D eigenvalue weighted by molar-refractivity contribution is -0.134. The van der Waals surface area contributed by atoms with Gasteiger partial charge in [0.15, 0.2) is 5.82 Å². The Hall–Kier alpha value is -2.72. The lowest BCUT2D eigenvalue weighted by Gasteiger charge is -2.41. The number of carbonyl (C=O) groups is 1. The summed E-state index contributed by atoms with van der Waals surface area (Å²) in [6, 6.07) is 8.07. The van der Waals surface area contributed by atoms with Gasteiger partial charge in [-0.05, 0) is 29.5 Å². The number of anilines is 1. The van der Waals surface area contributed by atoms with Crippen molar-refractivity contribution < 1.29 is 14.3 Å². The van der Waals surface area contributed by atoms with E-state index in [0.717, 1.165) is 37.6 Å². The van der Waals surface area contributed by atoms with Gasteiger partial charge in [-0.25, -0.2) is 4.68 Å². The number of morpholine rings is 1. The molecule has 0 spiro atoms. The molecule has 1 atom stereocenters. The monoisotopic (exact) mass is 415 g/mol. The number of tetrazole rings is 1. The van der Waals surface area contributed by atoms with Gasteiger partial charge in [0.2, 0.25) is 5.91 Å². The molecule has 162 valence electrons. The molecule has 2 fully saturated rings. The van der Waals surface area contributed by atoms with Crippen molar-refractivity contribution in [1.82, 2.24) is 30.0 Å². The Bertz CT molecular complexity index is 852. The van der Waals surface area contributed by atoms with Gasteiger partial charge in [0.05, 0.1) is 32.6 Å². The molecule has 0 aliphatic carbocycles. The van der Waals surface area contributed by atoms with Crippen molar-refractivity contribution >= 4 is 11.6 Å². The second kappa shape index (κ2) is 9.40. The summed E-state index contributed by atoms with van der Waals surface area (Å²) >= 11 is 0. The van der Waals surface area contributed by atoms with Gasteiger partial charge in [0.25, 0.3) is 0 Å². The van der Waals surface area contributed by atoms with Crippen LogP contribution in [0.25, 0.3) is 0 Å². The van der Waals surface area contributed by atoms with Gasteiger partial charge in [-0.2, -0.15) is 0 Å². The van der Waals surface area contributed by atoms with Gasteiger partial charge in [-0.3, -0.25) is 9.69 Å². The van der Waals surface area contributed by atoms with Crippen LogP contribution in [0.3, 0.4) is 0 Å². The van der Waals surface area contributed by atoms with Crippen LogP contribution >= 0.6 is 0 Å². The van der Waals surface area contributed by atoms with Crippen LogP contribution in [0.4, 0.5) is 5.69 Å². The first-order chi connectivity index (χ1) is 14.7. The number of nitrogens with zero attached hydrogens (tertiary/aromatic N) is 7. The molecule has 2 aliphatic heterocycles. The zero-order chi connectivity index (χ0) is 20.9. The predicted octanol–water partition coefficient (Wildman–Crippen LogP) is 0.251. The fourth-order valence-electron chi connectivity index (χ4n) is 4.08. The first-order valence-corrected chi connectivity index (χ1v) is 10.4. The van der Waals surface area contributed by atoms with Gasteiger partial charge in [-0.15, -0.1) is 5.10 Å². The topological polar surface area (TPSA) is 88.8 Å². The third-order valence-electron chi connectivity index (χ3n) is 5.73. The Balaban J connectivity index is 1.37. The quantitative estimate of drug-likeness (QED) is 0.664. The third kappa shape index (κ3) is 4.54. The highest BCUT2D eigenvalue weighted by Crippen LogP contribution is 2.29. The second-order valence-electron chi connectivity index (χ2n) is 7.70. The molecule has 0 bridgehead atoms. The van der Waals surface area contributed by atoms with E-state index in [4.69, 9.17) is 9.47 Å². The normalized spacial score (nSPS) is 20.4. The number of carbonyl (C=O) groups excluding carboxylic acids is 1. The Morgan fingerprint density at radius 2 is 2.00 bits per heavy atom. The maximum absolute atomic E-state index is 13.0. The number of rotatable bonds is 6. The lowest BCUT2D eigenvalue weighted by atomic mass is 10.1. The molecule has 0 saturated carbocycles. The third-order valence-corrected chi connectivity index (χ3v) is 5.73. The first kappa shape index (κ1) is 20.5. The molecule has 0 unspecified atom stereocenters. The lowest BCUT2D eigenvalue weighted by Crippen LogP contribution is -2.55. The Morgan fingerprint density at radius 3 is 2.77 bits per heavy atom. The summed E-state index contributed by atoms with van der Waals surface area (Å²) in [4.78, 5) is 19.5. The maximum Gasteiger partial charge on any atom is 0.244 e. The highest BCUT2D eigenvalue weighted by molar-refractivity contribution is 5.76. The van der Waals surface area contributed by atoms with Crippen LogP contribution in [0.15, 0.2) is 24.3 Å². The van der Waals surface area contributed by atoms with Crippen molar-refractivity contribution in [3.05, 3.63) is 30.1 Å². The van der Waals surface area contributed by atoms with Crippen LogP contribution < -0.4 is 9.64 Å².